The summed E-state index contributed by atoms with van der Waals surface area (Å²) < 4.78 is 4.79. The third-order valence-corrected chi connectivity index (χ3v) is 2.39. The van der Waals surface area contributed by atoms with Crippen molar-refractivity contribution in [3.63, 3.8) is 0 Å². The van der Waals surface area contributed by atoms with Crippen LogP contribution >= 0.6 is 11.8 Å². The van der Waals surface area contributed by atoms with Gasteiger partial charge in [-0.05, 0) is 6.92 Å². The predicted octanol–water partition coefficient (Wildman–Crippen LogP) is 0.467. The van der Waals surface area contributed by atoms with Gasteiger partial charge >= 0.3 is 7.32 Å². The van der Waals surface area contributed by atoms with E-state index in [1.807, 2.05) is 0 Å². The average molecular weight is 232 g/mol. The maximum atomic E-state index is 10.7. The van der Waals surface area contributed by atoms with Crippen LogP contribution in [0, 0.1) is 0 Å². The predicted molar refractivity (Wildman–Crippen MR) is 62.4 cm³/mol. The number of hydrogen-bond donors (Lipinski definition) is 0. The van der Waals surface area contributed by atoms with Crippen LogP contribution in [0.5, 0.6) is 0 Å². The molecule has 0 spiro atoms. The maximum Gasteiger partial charge on any atom is 0.389 e. The molecule has 0 saturated carbocycles. The molecule has 0 aromatic carbocycles. The van der Waals surface area contributed by atoms with Crippen LogP contribution in [0.1, 0.15) is 27.7 Å². The fraction of sp³-hybridized carbons (Fsp3) is 1.00. The average Bonchev–Trinajstić information content (AvgIpc) is 2.02. The van der Waals surface area contributed by atoms with Crippen molar-refractivity contribution in [2.45, 2.75) is 32.4 Å². The van der Waals surface area contributed by atoms with Gasteiger partial charge in [-0.1, -0.05) is 20.8 Å². The summed E-state index contributed by atoms with van der Waals surface area (Å²) in [6.45, 7) is 8.81. The number of rotatable bonds is 7. The summed E-state index contributed by atoms with van der Waals surface area (Å²) in [6, 6.07) is 0. The third kappa shape index (κ3) is 14.3. The van der Waals surface area contributed by atoms with Gasteiger partial charge in [0.25, 0.3) is 0 Å². The maximum absolute atomic E-state index is 10.7. The second kappa shape index (κ2) is 9.54. The lowest BCUT2D eigenvalue weighted by atomic mass is 10.3. The minimum Gasteiger partial charge on any atom is -0.830 e. The van der Waals surface area contributed by atoms with Gasteiger partial charge in [-0.2, -0.15) is 11.8 Å². The van der Waals surface area contributed by atoms with Gasteiger partial charge in [-0.25, -0.2) is 0 Å². The van der Waals surface area contributed by atoms with Crippen LogP contribution in [0.25, 0.3) is 0 Å². The minimum atomic E-state index is -1.53. The zero-order chi connectivity index (χ0) is 11.0. The van der Waals surface area contributed by atoms with Crippen LogP contribution in [0.2, 0.25) is 0 Å². The molecule has 0 saturated heterocycles. The monoisotopic (exact) mass is 232 g/mol. The van der Waals surface area contributed by atoms with E-state index in [0.29, 0.717) is 13.2 Å². The summed E-state index contributed by atoms with van der Waals surface area (Å²) in [4.78, 5) is 9.09. The zero-order valence-electron chi connectivity index (χ0n) is 9.82. The Labute approximate surface area is 98.7 Å². The van der Waals surface area contributed by atoms with E-state index in [1.165, 1.54) is 0 Å². The molecule has 4 nitrogen and oxygen atoms in total. The second-order valence-electron chi connectivity index (χ2n) is 3.62. The van der Waals surface area contributed by atoms with Crippen molar-refractivity contribution in [1.82, 2.24) is 0 Å². The molecule has 0 aliphatic carbocycles. The first-order valence-electron chi connectivity index (χ1n) is 4.65. The van der Waals surface area contributed by atoms with Crippen LogP contribution in [0.4, 0.5) is 0 Å². The van der Waals surface area contributed by atoms with Gasteiger partial charge < -0.3 is 9.68 Å². The Morgan fingerprint density at radius 1 is 1.33 bits per heavy atom. The fourth-order valence-electron chi connectivity index (χ4n) is 0.649. The molecule has 15 heavy (non-hydrogen) atoms. The highest BCUT2D eigenvalue weighted by Crippen LogP contribution is 2.22. The summed E-state index contributed by atoms with van der Waals surface area (Å²) in [5.41, 5.74) is 0. The largest absolute Gasteiger partial charge is 0.830 e. The Hall–Kier alpha value is 0.320. The van der Waals surface area contributed by atoms with Crippen molar-refractivity contribution in [3.05, 3.63) is 0 Å². The topological polar surface area (TPSA) is 50.8 Å². The van der Waals surface area contributed by atoms with Crippen molar-refractivity contribution in [2.75, 3.05) is 19.0 Å². The SMILES string of the molecule is CCOB([O-])OOCCSC(C)(C)C.[B]. The molecule has 0 rings (SSSR count). The second-order valence-corrected chi connectivity index (χ2v) is 5.54. The van der Waals surface area contributed by atoms with E-state index in [0.717, 1.165) is 5.75 Å². The molecule has 0 unspecified atom stereocenters. The molecular formula is C8H18B2O4S-. The first-order chi connectivity index (χ1) is 6.45. The van der Waals surface area contributed by atoms with Gasteiger partial charge in [0.15, 0.2) is 0 Å². The summed E-state index contributed by atoms with van der Waals surface area (Å²) >= 11 is 1.75. The van der Waals surface area contributed by atoms with E-state index in [4.69, 9.17) is 0 Å². The van der Waals surface area contributed by atoms with Crippen LogP contribution < -0.4 is 5.02 Å². The lowest BCUT2D eigenvalue weighted by Gasteiger charge is -2.19. The van der Waals surface area contributed by atoms with Crippen LogP contribution in [0.15, 0.2) is 0 Å². The van der Waals surface area contributed by atoms with Gasteiger partial charge in [0.1, 0.15) is 0 Å². The normalized spacial score (nSPS) is 11.0. The Morgan fingerprint density at radius 3 is 2.40 bits per heavy atom. The zero-order valence-corrected chi connectivity index (χ0v) is 10.6. The summed E-state index contributed by atoms with van der Waals surface area (Å²) in [6.07, 6.45) is 0. The molecule has 0 bridgehead atoms. The van der Waals surface area contributed by atoms with Crippen molar-refractivity contribution in [1.29, 1.82) is 0 Å². The molecule has 3 radical (unpaired) electrons. The first-order valence-corrected chi connectivity index (χ1v) is 5.64. The molecule has 87 valence electrons. The quantitative estimate of drug-likeness (QED) is 0.276. The van der Waals surface area contributed by atoms with E-state index in [2.05, 4.69) is 35.1 Å². The van der Waals surface area contributed by atoms with E-state index in [1.54, 1.807) is 18.7 Å². The smallest absolute Gasteiger partial charge is 0.389 e. The molecule has 0 N–H and O–H groups in total. The summed E-state index contributed by atoms with van der Waals surface area (Å²) in [5, 5.41) is 10.7. The van der Waals surface area contributed by atoms with Crippen molar-refractivity contribution >= 4 is 27.5 Å². The number of hydrogen-bond acceptors (Lipinski definition) is 5. The van der Waals surface area contributed by atoms with E-state index < -0.39 is 7.32 Å². The Bertz CT molecular complexity index is 143. The molecule has 7 heteroatoms. The van der Waals surface area contributed by atoms with Gasteiger partial charge in [-0.3, -0.25) is 9.69 Å². The molecule has 0 aromatic heterocycles. The van der Waals surface area contributed by atoms with Gasteiger partial charge in [0, 0.05) is 25.5 Å². The molecule has 0 amide bonds. The molecular weight excluding hydrogens is 214 g/mol. The van der Waals surface area contributed by atoms with E-state index in [9.17, 15) is 5.02 Å². The molecule has 0 aromatic rings. The van der Waals surface area contributed by atoms with Gasteiger partial charge in [0.05, 0.1) is 6.61 Å². The lowest BCUT2D eigenvalue weighted by molar-refractivity contribution is -0.332. The lowest BCUT2D eigenvalue weighted by Crippen LogP contribution is -2.38. The van der Waals surface area contributed by atoms with Gasteiger partial charge in [-0.15, -0.1) is 0 Å². The minimum absolute atomic E-state index is 0. The van der Waals surface area contributed by atoms with Crippen LogP contribution in [0.3, 0.4) is 0 Å². The fourth-order valence-corrected chi connectivity index (χ4v) is 1.41. The van der Waals surface area contributed by atoms with Crippen molar-refractivity contribution < 1.29 is 19.4 Å². The Kier molecular flexibility index (Phi) is 11.3. The molecule has 0 aliphatic rings. The molecule has 0 atom stereocenters. The molecule has 0 fully saturated rings. The highest BCUT2D eigenvalue weighted by atomic mass is 32.2. The molecule has 0 heterocycles. The Balaban J connectivity index is 0. The molecule has 0 aliphatic heterocycles. The van der Waals surface area contributed by atoms with Crippen LogP contribution in [-0.2, 0) is 14.3 Å². The standard InChI is InChI=1S/C8H18BO4S.B/c1-5-11-9(10)13-12-6-7-14-8(2,3)4;/h5-7H2,1-4H3;/q-1;. The van der Waals surface area contributed by atoms with E-state index >= 15 is 0 Å². The number of thioether (sulfide) groups is 1. The van der Waals surface area contributed by atoms with Crippen molar-refractivity contribution in [2.24, 2.45) is 0 Å². The highest BCUT2D eigenvalue weighted by Gasteiger charge is 2.09. The van der Waals surface area contributed by atoms with E-state index in [-0.39, 0.29) is 13.2 Å². The summed E-state index contributed by atoms with van der Waals surface area (Å²) in [5.74, 6) is 0.794. The van der Waals surface area contributed by atoms with Crippen LogP contribution in [-0.4, -0.2) is 39.4 Å². The summed E-state index contributed by atoms with van der Waals surface area (Å²) in [7, 11) is -1.53. The van der Waals surface area contributed by atoms with Crippen molar-refractivity contribution in [3.8, 4) is 0 Å². The van der Waals surface area contributed by atoms with Gasteiger partial charge in [0.2, 0.25) is 0 Å². The third-order valence-electron chi connectivity index (χ3n) is 1.15. The Morgan fingerprint density at radius 2 is 1.93 bits per heavy atom. The first kappa shape index (κ1) is 17.7. The highest BCUT2D eigenvalue weighted by molar-refractivity contribution is 8.00.